The molecule has 0 aromatic heterocycles. The molecule has 18 heavy (non-hydrogen) atoms. The molecular formula is C15H23NOS. The van der Waals surface area contributed by atoms with Gasteiger partial charge in [0.05, 0.1) is 6.61 Å². The number of rotatable bonds is 8. The van der Waals surface area contributed by atoms with Crippen LogP contribution in [0.5, 0.6) is 5.75 Å². The van der Waals surface area contributed by atoms with Crippen molar-refractivity contribution < 1.29 is 4.74 Å². The zero-order valence-electron chi connectivity index (χ0n) is 11.3. The van der Waals surface area contributed by atoms with Gasteiger partial charge in [0.1, 0.15) is 10.7 Å². The van der Waals surface area contributed by atoms with Crippen LogP contribution in [-0.2, 0) is 0 Å². The Labute approximate surface area is 116 Å². The molecule has 2 N–H and O–H groups in total. The smallest absolute Gasteiger partial charge is 0.120 e. The molecule has 0 aliphatic carbocycles. The van der Waals surface area contributed by atoms with Gasteiger partial charge >= 0.3 is 0 Å². The van der Waals surface area contributed by atoms with E-state index in [-0.39, 0.29) is 0 Å². The van der Waals surface area contributed by atoms with Crippen LogP contribution < -0.4 is 10.5 Å². The maximum absolute atomic E-state index is 5.83. The van der Waals surface area contributed by atoms with Gasteiger partial charge in [-0.1, -0.05) is 57.5 Å². The first kappa shape index (κ1) is 15.0. The average Bonchev–Trinajstić information content (AvgIpc) is 2.39. The monoisotopic (exact) mass is 265 g/mol. The predicted octanol–water partition coefficient (Wildman–Crippen LogP) is 3.92. The highest BCUT2D eigenvalue weighted by Crippen LogP contribution is 2.17. The molecule has 0 heterocycles. The van der Waals surface area contributed by atoms with Gasteiger partial charge in [-0.05, 0) is 24.5 Å². The first-order valence-electron chi connectivity index (χ1n) is 6.70. The Morgan fingerprint density at radius 1 is 1.39 bits per heavy atom. The van der Waals surface area contributed by atoms with Gasteiger partial charge in [-0.2, -0.15) is 0 Å². The number of hydrogen-bond acceptors (Lipinski definition) is 2. The third-order valence-corrected chi connectivity index (χ3v) is 3.38. The molecule has 100 valence electrons. The quantitative estimate of drug-likeness (QED) is 0.724. The fourth-order valence-corrected chi connectivity index (χ4v) is 1.98. The van der Waals surface area contributed by atoms with Crippen molar-refractivity contribution in [2.24, 2.45) is 11.7 Å². The lowest BCUT2D eigenvalue weighted by Crippen LogP contribution is -2.12. The Balaban J connectivity index is 2.51. The van der Waals surface area contributed by atoms with Crippen molar-refractivity contribution in [3.05, 3.63) is 29.8 Å². The van der Waals surface area contributed by atoms with E-state index in [1.165, 1.54) is 19.3 Å². The van der Waals surface area contributed by atoms with Crippen molar-refractivity contribution in [2.45, 2.75) is 39.5 Å². The molecule has 0 amide bonds. The van der Waals surface area contributed by atoms with Crippen LogP contribution in [0, 0.1) is 5.92 Å². The lowest BCUT2D eigenvalue weighted by atomic mass is 10.0. The topological polar surface area (TPSA) is 35.2 Å². The molecule has 3 heteroatoms. The number of ether oxygens (including phenoxy) is 1. The van der Waals surface area contributed by atoms with Gasteiger partial charge in [0.2, 0.25) is 0 Å². The van der Waals surface area contributed by atoms with Crippen LogP contribution in [0.3, 0.4) is 0 Å². The Morgan fingerprint density at radius 3 is 2.78 bits per heavy atom. The third kappa shape index (κ3) is 5.05. The molecule has 0 fully saturated rings. The van der Waals surface area contributed by atoms with Crippen LogP contribution in [0.2, 0.25) is 0 Å². The standard InChI is InChI=1S/C15H23NOS/c1-3-5-7-12(4-2)11-17-14-9-6-8-13(10-14)15(16)18/h6,8-10,12H,3-5,7,11H2,1-2H3,(H2,16,18). The van der Waals surface area contributed by atoms with Crippen LogP contribution in [-0.4, -0.2) is 11.6 Å². The second-order valence-electron chi connectivity index (χ2n) is 4.62. The average molecular weight is 265 g/mol. The maximum atomic E-state index is 5.83. The summed E-state index contributed by atoms with van der Waals surface area (Å²) in [6, 6.07) is 7.70. The van der Waals surface area contributed by atoms with Crippen LogP contribution in [0.15, 0.2) is 24.3 Å². The van der Waals surface area contributed by atoms with Crippen molar-refractivity contribution in [1.82, 2.24) is 0 Å². The summed E-state index contributed by atoms with van der Waals surface area (Å²) in [4.78, 5) is 0.415. The van der Waals surface area contributed by atoms with Crippen LogP contribution in [0.1, 0.15) is 45.1 Å². The number of benzene rings is 1. The van der Waals surface area contributed by atoms with Gasteiger partial charge in [0.15, 0.2) is 0 Å². The van der Waals surface area contributed by atoms with Crippen molar-refractivity contribution in [1.29, 1.82) is 0 Å². The van der Waals surface area contributed by atoms with E-state index in [0.29, 0.717) is 10.9 Å². The van der Waals surface area contributed by atoms with E-state index in [4.69, 9.17) is 22.7 Å². The first-order valence-corrected chi connectivity index (χ1v) is 7.10. The van der Waals surface area contributed by atoms with E-state index in [1.807, 2.05) is 24.3 Å². The van der Waals surface area contributed by atoms with E-state index in [9.17, 15) is 0 Å². The van der Waals surface area contributed by atoms with Gasteiger partial charge in [0.25, 0.3) is 0 Å². The summed E-state index contributed by atoms with van der Waals surface area (Å²) in [6.07, 6.45) is 4.92. The SMILES string of the molecule is CCCCC(CC)COc1cccc(C(N)=S)c1. The molecule has 1 rings (SSSR count). The molecule has 0 saturated heterocycles. The minimum Gasteiger partial charge on any atom is -0.493 e. The van der Waals surface area contributed by atoms with Crippen LogP contribution >= 0.6 is 12.2 Å². The molecule has 1 unspecified atom stereocenters. The van der Waals surface area contributed by atoms with Crippen molar-refractivity contribution >= 4 is 17.2 Å². The molecule has 0 saturated carbocycles. The van der Waals surface area contributed by atoms with Crippen molar-refractivity contribution in [2.75, 3.05) is 6.61 Å². The maximum Gasteiger partial charge on any atom is 0.120 e. The van der Waals surface area contributed by atoms with Gasteiger partial charge in [-0.15, -0.1) is 0 Å². The Bertz CT molecular complexity index is 379. The first-order chi connectivity index (χ1) is 8.67. The molecule has 0 bridgehead atoms. The number of nitrogens with two attached hydrogens (primary N) is 1. The molecule has 0 aliphatic heterocycles. The van der Waals surface area contributed by atoms with Gasteiger partial charge in [-0.3, -0.25) is 0 Å². The summed E-state index contributed by atoms with van der Waals surface area (Å²) < 4.78 is 5.83. The largest absolute Gasteiger partial charge is 0.493 e. The molecule has 1 aromatic carbocycles. The molecule has 1 aromatic rings. The number of thiocarbonyl (C=S) groups is 1. The van der Waals surface area contributed by atoms with Crippen LogP contribution in [0.4, 0.5) is 0 Å². The van der Waals surface area contributed by atoms with Gasteiger partial charge in [0, 0.05) is 5.56 Å². The van der Waals surface area contributed by atoms with E-state index in [1.54, 1.807) is 0 Å². The molecule has 2 nitrogen and oxygen atoms in total. The van der Waals surface area contributed by atoms with Gasteiger partial charge < -0.3 is 10.5 Å². The Hall–Kier alpha value is -1.09. The summed E-state index contributed by atoms with van der Waals surface area (Å²) in [5, 5.41) is 0. The fourth-order valence-electron chi connectivity index (χ4n) is 1.85. The van der Waals surface area contributed by atoms with Gasteiger partial charge in [-0.25, -0.2) is 0 Å². The highest BCUT2D eigenvalue weighted by Gasteiger charge is 2.07. The predicted molar refractivity (Wildman–Crippen MR) is 81.1 cm³/mol. The summed E-state index contributed by atoms with van der Waals surface area (Å²) in [7, 11) is 0. The fraction of sp³-hybridized carbons (Fsp3) is 0.533. The Morgan fingerprint density at radius 2 is 2.17 bits per heavy atom. The second-order valence-corrected chi connectivity index (χ2v) is 5.06. The normalized spacial score (nSPS) is 12.1. The number of unbranched alkanes of at least 4 members (excludes halogenated alkanes) is 1. The minimum absolute atomic E-state index is 0.415. The third-order valence-electron chi connectivity index (χ3n) is 3.15. The minimum atomic E-state index is 0.415. The summed E-state index contributed by atoms with van der Waals surface area (Å²) >= 11 is 4.96. The van der Waals surface area contributed by atoms with Crippen molar-refractivity contribution in [3.63, 3.8) is 0 Å². The van der Waals surface area contributed by atoms with Crippen LogP contribution in [0.25, 0.3) is 0 Å². The van der Waals surface area contributed by atoms with E-state index in [2.05, 4.69) is 13.8 Å². The highest BCUT2D eigenvalue weighted by atomic mass is 32.1. The molecule has 0 spiro atoms. The second kappa shape index (κ2) is 8.09. The Kier molecular flexibility index (Phi) is 6.73. The zero-order chi connectivity index (χ0) is 13.4. The van der Waals surface area contributed by atoms with Crippen molar-refractivity contribution in [3.8, 4) is 5.75 Å². The summed E-state index contributed by atoms with van der Waals surface area (Å²) in [6.45, 7) is 5.21. The van der Waals surface area contributed by atoms with E-state index >= 15 is 0 Å². The molecule has 0 radical (unpaired) electrons. The zero-order valence-corrected chi connectivity index (χ0v) is 12.1. The summed E-state index contributed by atoms with van der Waals surface area (Å²) in [5.41, 5.74) is 6.47. The molecular weight excluding hydrogens is 242 g/mol. The lowest BCUT2D eigenvalue weighted by molar-refractivity contribution is 0.233. The number of hydrogen-bond donors (Lipinski definition) is 1. The highest BCUT2D eigenvalue weighted by molar-refractivity contribution is 7.80. The van der Waals surface area contributed by atoms with E-state index < -0.39 is 0 Å². The summed E-state index contributed by atoms with van der Waals surface area (Å²) in [5.74, 6) is 1.49. The lowest BCUT2D eigenvalue weighted by Gasteiger charge is -2.15. The molecule has 0 aliphatic rings. The molecule has 1 atom stereocenters. The van der Waals surface area contributed by atoms with E-state index in [0.717, 1.165) is 24.3 Å².